The summed E-state index contributed by atoms with van der Waals surface area (Å²) in [5, 5.41) is 0. The quantitative estimate of drug-likeness (QED) is 0.799. The number of methoxy groups -OCH3 is 1. The average Bonchev–Trinajstić information content (AvgIpc) is 2.21. The third-order valence-corrected chi connectivity index (χ3v) is 2.50. The van der Waals surface area contributed by atoms with Crippen LogP contribution in [0, 0.1) is 11.6 Å². The first kappa shape index (κ1) is 12.8. The van der Waals surface area contributed by atoms with Crippen LogP contribution in [0.4, 0.5) is 8.78 Å². The zero-order valence-corrected chi connectivity index (χ0v) is 10.1. The predicted octanol–water partition coefficient (Wildman–Crippen LogP) is 3.30. The Bertz CT molecular complexity index is 407. The number of benzene rings is 1. The lowest BCUT2D eigenvalue weighted by Crippen LogP contribution is -1.96. The van der Waals surface area contributed by atoms with Gasteiger partial charge < -0.3 is 4.74 Å². The van der Waals surface area contributed by atoms with E-state index in [2.05, 4.69) is 20.7 Å². The lowest BCUT2D eigenvalue weighted by Gasteiger charge is -2.01. The SMILES string of the molecule is COC(=O)CC=Cc1c(F)cc(F)cc1Br. The Hall–Kier alpha value is -1.23. The molecule has 0 bridgehead atoms. The molecule has 0 heterocycles. The Morgan fingerprint density at radius 2 is 2.19 bits per heavy atom. The number of carbonyl (C=O) groups excluding carboxylic acids is 1. The van der Waals surface area contributed by atoms with E-state index in [1.807, 2.05) is 0 Å². The van der Waals surface area contributed by atoms with Crippen LogP contribution in [0.25, 0.3) is 6.08 Å². The third kappa shape index (κ3) is 3.41. The van der Waals surface area contributed by atoms with Gasteiger partial charge in [-0.3, -0.25) is 4.79 Å². The first-order valence-corrected chi connectivity index (χ1v) is 5.21. The maximum absolute atomic E-state index is 13.3. The molecule has 0 aliphatic carbocycles. The average molecular weight is 291 g/mol. The van der Waals surface area contributed by atoms with Crippen LogP contribution in [0.2, 0.25) is 0 Å². The molecule has 86 valence electrons. The van der Waals surface area contributed by atoms with Crippen LogP contribution in [0.15, 0.2) is 22.7 Å². The van der Waals surface area contributed by atoms with Crippen LogP contribution in [0.5, 0.6) is 0 Å². The molecule has 16 heavy (non-hydrogen) atoms. The van der Waals surface area contributed by atoms with Crippen LogP contribution in [0.3, 0.4) is 0 Å². The van der Waals surface area contributed by atoms with Gasteiger partial charge >= 0.3 is 5.97 Å². The van der Waals surface area contributed by atoms with E-state index >= 15 is 0 Å². The van der Waals surface area contributed by atoms with Crippen molar-refractivity contribution in [2.45, 2.75) is 6.42 Å². The van der Waals surface area contributed by atoms with Gasteiger partial charge in [0.25, 0.3) is 0 Å². The summed E-state index contributed by atoms with van der Waals surface area (Å²) >= 11 is 3.03. The van der Waals surface area contributed by atoms with E-state index in [0.29, 0.717) is 4.47 Å². The molecule has 2 nitrogen and oxygen atoms in total. The van der Waals surface area contributed by atoms with Crippen LogP contribution in [0.1, 0.15) is 12.0 Å². The maximum Gasteiger partial charge on any atom is 0.309 e. The van der Waals surface area contributed by atoms with Crippen molar-refractivity contribution in [3.8, 4) is 0 Å². The summed E-state index contributed by atoms with van der Waals surface area (Å²) in [6.45, 7) is 0. The molecule has 1 aromatic rings. The molecule has 0 saturated heterocycles. The van der Waals surface area contributed by atoms with Gasteiger partial charge in [-0.15, -0.1) is 0 Å². The van der Waals surface area contributed by atoms with E-state index in [-0.39, 0.29) is 12.0 Å². The number of esters is 1. The van der Waals surface area contributed by atoms with E-state index < -0.39 is 17.6 Å². The monoisotopic (exact) mass is 290 g/mol. The molecule has 0 N–H and O–H groups in total. The molecule has 0 aliphatic rings. The number of hydrogen-bond acceptors (Lipinski definition) is 2. The molecule has 0 saturated carbocycles. The second-order valence-corrected chi connectivity index (χ2v) is 3.82. The number of carbonyl (C=O) groups is 1. The standard InChI is InChI=1S/C11H9BrF2O2/c1-16-11(15)4-2-3-8-9(12)5-7(13)6-10(8)14/h2-3,5-6H,4H2,1H3. The highest BCUT2D eigenvalue weighted by atomic mass is 79.9. The number of halogens is 3. The summed E-state index contributed by atoms with van der Waals surface area (Å²) in [4.78, 5) is 10.8. The Morgan fingerprint density at radius 1 is 1.50 bits per heavy atom. The number of rotatable bonds is 3. The Balaban J connectivity index is 2.85. The second-order valence-electron chi connectivity index (χ2n) is 2.97. The first-order chi connectivity index (χ1) is 7.54. The van der Waals surface area contributed by atoms with Crippen LogP contribution in [-0.4, -0.2) is 13.1 Å². The van der Waals surface area contributed by atoms with Gasteiger partial charge in [0.15, 0.2) is 0 Å². The van der Waals surface area contributed by atoms with Crippen molar-refractivity contribution in [1.82, 2.24) is 0 Å². The second kappa shape index (κ2) is 5.75. The first-order valence-electron chi connectivity index (χ1n) is 4.42. The third-order valence-electron chi connectivity index (χ3n) is 1.84. The minimum absolute atomic E-state index is 0.0414. The molecule has 0 fully saturated rings. The molecule has 0 amide bonds. The van der Waals surface area contributed by atoms with Crippen molar-refractivity contribution in [3.05, 3.63) is 39.9 Å². The van der Waals surface area contributed by atoms with Gasteiger partial charge in [0, 0.05) is 16.1 Å². The fraction of sp³-hybridized carbons (Fsp3) is 0.182. The largest absolute Gasteiger partial charge is 0.469 e. The predicted molar refractivity (Wildman–Crippen MR) is 59.7 cm³/mol. The van der Waals surface area contributed by atoms with Crippen LogP contribution in [-0.2, 0) is 9.53 Å². The van der Waals surface area contributed by atoms with Crippen molar-refractivity contribution in [2.24, 2.45) is 0 Å². The summed E-state index contributed by atoms with van der Waals surface area (Å²) in [5.41, 5.74) is 0.199. The molecule has 0 aliphatic heterocycles. The van der Waals surface area contributed by atoms with Crippen molar-refractivity contribution >= 4 is 28.0 Å². The Morgan fingerprint density at radius 3 is 2.75 bits per heavy atom. The highest BCUT2D eigenvalue weighted by Gasteiger charge is 2.06. The lowest BCUT2D eigenvalue weighted by molar-refractivity contribution is -0.139. The highest BCUT2D eigenvalue weighted by molar-refractivity contribution is 9.10. The van der Waals surface area contributed by atoms with Crippen molar-refractivity contribution in [3.63, 3.8) is 0 Å². The van der Waals surface area contributed by atoms with Crippen molar-refractivity contribution < 1.29 is 18.3 Å². The van der Waals surface area contributed by atoms with Crippen molar-refractivity contribution in [2.75, 3.05) is 7.11 Å². The summed E-state index contributed by atoms with van der Waals surface area (Å²) in [6.07, 6.45) is 2.89. The molecular formula is C11H9BrF2O2. The van der Waals surface area contributed by atoms with Gasteiger partial charge in [-0.25, -0.2) is 8.78 Å². The highest BCUT2D eigenvalue weighted by Crippen LogP contribution is 2.23. The molecule has 5 heteroatoms. The van der Waals surface area contributed by atoms with E-state index in [1.54, 1.807) is 0 Å². The van der Waals surface area contributed by atoms with Crippen LogP contribution >= 0.6 is 15.9 Å². The number of hydrogen-bond donors (Lipinski definition) is 0. The fourth-order valence-electron chi connectivity index (χ4n) is 1.07. The molecule has 0 aromatic heterocycles. The topological polar surface area (TPSA) is 26.3 Å². The van der Waals surface area contributed by atoms with E-state index in [4.69, 9.17) is 0 Å². The van der Waals surface area contributed by atoms with E-state index in [9.17, 15) is 13.6 Å². The van der Waals surface area contributed by atoms with Gasteiger partial charge in [-0.1, -0.05) is 12.2 Å². The Labute approximate surface area is 100 Å². The van der Waals surface area contributed by atoms with Gasteiger partial charge in [-0.2, -0.15) is 0 Å². The van der Waals surface area contributed by atoms with E-state index in [0.717, 1.165) is 12.1 Å². The zero-order chi connectivity index (χ0) is 12.1. The Kier molecular flexibility index (Phi) is 4.61. The zero-order valence-electron chi connectivity index (χ0n) is 8.47. The molecule has 1 rings (SSSR count). The normalized spacial score (nSPS) is 10.8. The molecular weight excluding hydrogens is 282 g/mol. The summed E-state index contributed by atoms with van der Waals surface area (Å²) in [5.74, 6) is -1.77. The van der Waals surface area contributed by atoms with Crippen LogP contribution < -0.4 is 0 Å². The fourth-order valence-corrected chi connectivity index (χ4v) is 1.61. The number of ether oxygens (including phenoxy) is 1. The van der Waals surface area contributed by atoms with Gasteiger partial charge in [-0.05, 0) is 22.0 Å². The summed E-state index contributed by atoms with van der Waals surface area (Å²) in [7, 11) is 1.27. The molecule has 0 radical (unpaired) electrons. The summed E-state index contributed by atoms with van der Waals surface area (Å²) < 4.78 is 30.7. The van der Waals surface area contributed by atoms with Gasteiger partial charge in [0.2, 0.25) is 0 Å². The maximum atomic E-state index is 13.3. The minimum atomic E-state index is -0.687. The minimum Gasteiger partial charge on any atom is -0.469 e. The molecule has 1 aromatic carbocycles. The summed E-state index contributed by atoms with van der Waals surface area (Å²) in [6, 6.07) is 1.93. The van der Waals surface area contributed by atoms with E-state index in [1.165, 1.54) is 19.3 Å². The molecule has 0 spiro atoms. The smallest absolute Gasteiger partial charge is 0.309 e. The molecule has 0 unspecified atom stereocenters. The van der Waals surface area contributed by atoms with Crippen molar-refractivity contribution in [1.29, 1.82) is 0 Å². The van der Waals surface area contributed by atoms with Gasteiger partial charge in [0.05, 0.1) is 13.5 Å². The lowest BCUT2D eigenvalue weighted by atomic mass is 10.2. The molecule has 0 atom stereocenters. The van der Waals surface area contributed by atoms with Gasteiger partial charge in [0.1, 0.15) is 11.6 Å².